The number of carbonyl (C=O) groups is 1. The van der Waals surface area contributed by atoms with Crippen LogP contribution in [-0.4, -0.2) is 69.4 Å². The number of hydrogen-bond acceptors (Lipinski definition) is 8. The number of aromatic nitrogens is 4. The summed E-state index contributed by atoms with van der Waals surface area (Å²) in [5.74, 6) is -0.620. The highest BCUT2D eigenvalue weighted by Crippen LogP contribution is 2.40. The van der Waals surface area contributed by atoms with E-state index in [1.807, 2.05) is 18.2 Å². The van der Waals surface area contributed by atoms with Gasteiger partial charge in [-0.15, -0.1) is 0 Å². The molecule has 0 saturated heterocycles. The van der Waals surface area contributed by atoms with Crippen molar-refractivity contribution < 1.29 is 22.4 Å². The Morgan fingerprint density at radius 2 is 1.74 bits per heavy atom. The first-order valence-corrected chi connectivity index (χ1v) is 22.2. The minimum atomic E-state index is -3.81. The fourth-order valence-electron chi connectivity index (χ4n) is 5.44. The molecular weight excluding hydrogens is 549 g/mol. The van der Waals surface area contributed by atoms with Crippen molar-refractivity contribution in [1.82, 2.24) is 20.2 Å². The number of nitrogens with zero attached hydrogens (tertiary/aromatic N) is 4. The van der Waals surface area contributed by atoms with Gasteiger partial charge in [-0.05, 0) is 71.9 Å². The second-order valence-electron chi connectivity index (χ2n) is 11.9. The molecule has 0 unspecified atom stereocenters. The third-order valence-corrected chi connectivity index (χ3v) is 16.1. The number of para-hydroxylation sites is 1. The van der Waals surface area contributed by atoms with Crippen molar-refractivity contribution in [3.8, 4) is 5.69 Å². The number of benzene rings is 1. The standard InChI is InChI=1S/C27H46N4O5SSi2/c1-7-39(8-2,9-3)36-25(23-16-13-17-24(23)26(32)35-19-21-38(4,5)6)18-20-37(33,34)27-28-29-30-31(27)22-14-11-10-12-15-22/h10-12,14-15,23-25H,7-9,13,16-21H2,1-6H3/t23-,24-,25+/m1/s1. The van der Waals surface area contributed by atoms with Gasteiger partial charge in [0.05, 0.1) is 24.0 Å². The Balaban J connectivity index is 1.82. The SMILES string of the molecule is CC[Si](CC)(CC)O[C@@H](CCS(=O)(=O)c1nnnn1-c1ccccc1)[C@@H]1CCC[C@H]1C(=O)OCC[Si](C)(C)C. The molecule has 0 amide bonds. The van der Waals surface area contributed by atoms with Crippen LogP contribution in [0.4, 0.5) is 0 Å². The Hall–Kier alpha value is -1.90. The van der Waals surface area contributed by atoms with Gasteiger partial charge < -0.3 is 9.16 Å². The minimum Gasteiger partial charge on any atom is -0.466 e. The Morgan fingerprint density at radius 1 is 1.08 bits per heavy atom. The van der Waals surface area contributed by atoms with Gasteiger partial charge in [0.1, 0.15) is 0 Å². The first kappa shape index (κ1) is 31.6. The lowest BCUT2D eigenvalue weighted by molar-refractivity contribution is -0.150. The monoisotopic (exact) mass is 594 g/mol. The normalized spacial score (nSPS) is 19.2. The van der Waals surface area contributed by atoms with Crippen molar-refractivity contribution in [2.75, 3.05) is 12.4 Å². The molecule has 1 saturated carbocycles. The lowest BCUT2D eigenvalue weighted by atomic mass is 9.89. The molecule has 1 aliphatic rings. The number of carbonyl (C=O) groups excluding carboxylic acids is 1. The van der Waals surface area contributed by atoms with Crippen LogP contribution >= 0.6 is 0 Å². The Kier molecular flexibility index (Phi) is 11.1. The van der Waals surface area contributed by atoms with Crippen LogP contribution in [0.3, 0.4) is 0 Å². The maximum Gasteiger partial charge on any atom is 0.309 e. The van der Waals surface area contributed by atoms with E-state index in [4.69, 9.17) is 9.16 Å². The van der Waals surface area contributed by atoms with Crippen molar-refractivity contribution in [1.29, 1.82) is 0 Å². The molecule has 1 aromatic heterocycles. The van der Waals surface area contributed by atoms with Crippen LogP contribution in [0.5, 0.6) is 0 Å². The van der Waals surface area contributed by atoms with Crippen LogP contribution in [0.15, 0.2) is 35.5 Å². The lowest BCUT2D eigenvalue weighted by Gasteiger charge is -2.37. The summed E-state index contributed by atoms with van der Waals surface area (Å²) in [6, 6.07) is 12.8. The lowest BCUT2D eigenvalue weighted by Crippen LogP contribution is -2.45. The molecule has 0 radical (unpaired) electrons. The van der Waals surface area contributed by atoms with E-state index in [-0.39, 0.29) is 34.8 Å². The number of esters is 1. The summed E-state index contributed by atoms with van der Waals surface area (Å²) in [6.45, 7) is 13.7. The Labute approximate surface area is 236 Å². The van der Waals surface area contributed by atoms with Crippen LogP contribution in [0, 0.1) is 11.8 Å². The van der Waals surface area contributed by atoms with Crippen LogP contribution in [0.25, 0.3) is 5.69 Å². The number of rotatable bonds is 15. The molecular formula is C27H46N4O5SSi2. The molecule has 2 aromatic rings. The van der Waals surface area contributed by atoms with E-state index >= 15 is 0 Å². The molecule has 3 atom stereocenters. The number of ether oxygens (including phenoxy) is 1. The molecule has 0 aliphatic heterocycles. The van der Waals surface area contributed by atoms with E-state index in [9.17, 15) is 13.2 Å². The number of hydrogen-bond donors (Lipinski definition) is 0. The van der Waals surface area contributed by atoms with Crippen molar-refractivity contribution in [3.63, 3.8) is 0 Å². The third kappa shape index (κ3) is 8.31. The van der Waals surface area contributed by atoms with Crippen LogP contribution in [0.2, 0.25) is 43.8 Å². The molecule has 3 rings (SSSR count). The third-order valence-electron chi connectivity index (χ3n) is 8.17. The zero-order valence-corrected chi connectivity index (χ0v) is 27.2. The molecule has 9 nitrogen and oxygen atoms in total. The highest BCUT2D eigenvalue weighted by Gasteiger charge is 2.43. The summed E-state index contributed by atoms with van der Waals surface area (Å²) in [6.07, 6.45) is 2.47. The minimum absolute atomic E-state index is 0.0544. The topological polar surface area (TPSA) is 113 Å². The molecule has 0 N–H and O–H groups in total. The molecule has 1 aromatic carbocycles. The summed E-state index contributed by atoms with van der Waals surface area (Å²) in [4.78, 5) is 13.2. The van der Waals surface area contributed by atoms with Crippen LogP contribution in [-0.2, 0) is 23.8 Å². The smallest absolute Gasteiger partial charge is 0.309 e. The largest absolute Gasteiger partial charge is 0.466 e. The zero-order valence-electron chi connectivity index (χ0n) is 24.4. The van der Waals surface area contributed by atoms with Crippen LogP contribution < -0.4 is 0 Å². The first-order valence-electron chi connectivity index (χ1n) is 14.4. The predicted octanol–water partition coefficient (Wildman–Crippen LogP) is 5.51. The van der Waals surface area contributed by atoms with Crippen LogP contribution in [0.1, 0.15) is 46.5 Å². The van der Waals surface area contributed by atoms with Gasteiger partial charge >= 0.3 is 5.97 Å². The first-order chi connectivity index (χ1) is 18.4. The van der Waals surface area contributed by atoms with E-state index in [0.717, 1.165) is 43.4 Å². The highest BCUT2D eigenvalue weighted by molar-refractivity contribution is 7.91. The summed E-state index contributed by atoms with van der Waals surface area (Å²) >= 11 is 0. The highest BCUT2D eigenvalue weighted by atomic mass is 32.2. The van der Waals surface area contributed by atoms with Crippen molar-refractivity contribution in [2.24, 2.45) is 11.8 Å². The molecule has 1 fully saturated rings. The van der Waals surface area contributed by atoms with E-state index in [2.05, 4.69) is 55.9 Å². The van der Waals surface area contributed by atoms with E-state index in [0.29, 0.717) is 18.7 Å². The van der Waals surface area contributed by atoms with Gasteiger partial charge in [-0.25, -0.2) is 8.42 Å². The molecule has 218 valence electrons. The van der Waals surface area contributed by atoms with E-state index in [1.165, 1.54) is 4.68 Å². The molecule has 39 heavy (non-hydrogen) atoms. The summed E-state index contributed by atoms with van der Waals surface area (Å²) in [7, 11) is -7.21. The fraction of sp³-hybridized carbons (Fsp3) is 0.704. The second kappa shape index (κ2) is 13.6. The van der Waals surface area contributed by atoms with Gasteiger partial charge in [-0.3, -0.25) is 4.79 Å². The van der Waals surface area contributed by atoms with Gasteiger partial charge in [-0.2, -0.15) is 4.68 Å². The van der Waals surface area contributed by atoms with Crippen molar-refractivity contribution >= 4 is 32.2 Å². The summed E-state index contributed by atoms with van der Waals surface area (Å²) in [5, 5.41) is 11.3. The maximum absolute atomic E-state index is 13.5. The van der Waals surface area contributed by atoms with Crippen molar-refractivity contribution in [2.45, 2.75) is 102 Å². The molecule has 1 heterocycles. The summed E-state index contributed by atoms with van der Waals surface area (Å²) in [5.41, 5.74) is 0.583. The maximum atomic E-state index is 13.5. The van der Waals surface area contributed by atoms with Gasteiger partial charge in [0.15, 0.2) is 8.32 Å². The Bertz CT molecular complexity index is 1160. The van der Waals surface area contributed by atoms with E-state index in [1.54, 1.807) is 12.1 Å². The van der Waals surface area contributed by atoms with Crippen molar-refractivity contribution in [3.05, 3.63) is 30.3 Å². The van der Waals surface area contributed by atoms with Gasteiger partial charge in [-0.1, -0.05) is 70.1 Å². The molecule has 0 bridgehead atoms. The fourth-order valence-corrected chi connectivity index (χ4v) is 10.4. The molecule has 0 spiro atoms. The quantitative estimate of drug-likeness (QED) is 0.196. The molecule has 12 heteroatoms. The zero-order chi connectivity index (χ0) is 28.7. The number of tetrazole rings is 1. The average Bonchev–Trinajstić information content (AvgIpc) is 3.60. The van der Waals surface area contributed by atoms with Gasteiger partial charge in [0, 0.05) is 14.2 Å². The molecule has 1 aliphatic carbocycles. The Morgan fingerprint density at radius 3 is 2.36 bits per heavy atom. The van der Waals surface area contributed by atoms with Gasteiger partial charge in [0.2, 0.25) is 9.84 Å². The summed E-state index contributed by atoms with van der Waals surface area (Å²) < 4.78 is 41.1. The van der Waals surface area contributed by atoms with E-state index < -0.39 is 26.2 Å². The van der Waals surface area contributed by atoms with Gasteiger partial charge in [0.25, 0.3) is 5.16 Å². The predicted molar refractivity (Wildman–Crippen MR) is 158 cm³/mol. The number of sulfone groups is 1. The average molecular weight is 595 g/mol. The second-order valence-corrected chi connectivity index (χ2v) is 24.2.